The lowest BCUT2D eigenvalue weighted by molar-refractivity contribution is -0.136. The van der Waals surface area contributed by atoms with E-state index >= 15 is 0 Å². The summed E-state index contributed by atoms with van der Waals surface area (Å²) in [7, 11) is 1.25. The van der Waals surface area contributed by atoms with Crippen LogP contribution in [0.2, 0.25) is 0 Å². The highest BCUT2D eigenvalue weighted by Gasteiger charge is 2.34. The molecule has 0 aliphatic rings. The van der Waals surface area contributed by atoms with Gasteiger partial charge in [-0.3, -0.25) is 15.1 Å². The summed E-state index contributed by atoms with van der Waals surface area (Å²) in [5.74, 6) is -0.705. The molecule has 1 amide bonds. The Bertz CT molecular complexity index is 1010. The normalized spacial score (nSPS) is 11.4. The summed E-state index contributed by atoms with van der Waals surface area (Å²) >= 11 is 0. The Morgan fingerprint density at radius 2 is 1.85 bits per heavy atom. The van der Waals surface area contributed by atoms with Gasteiger partial charge in [-0.2, -0.15) is 13.2 Å². The van der Waals surface area contributed by atoms with Crippen molar-refractivity contribution in [1.82, 2.24) is 9.88 Å². The average Bonchev–Trinajstić information content (AvgIpc) is 3.06. The number of hydrogen-bond donors (Lipinski definition) is 3. The second kappa shape index (κ2) is 6.67. The number of fused-ring (bicyclic) bond motifs is 1. The molecule has 0 aliphatic carbocycles. The lowest BCUT2D eigenvalue weighted by Crippen LogP contribution is -2.38. The number of nitrogens with two attached hydrogens (primary N) is 1. The number of benzene rings is 2. The van der Waals surface area contributed by atoms with Gasteiger partial charge in [0, 0.05) is 12.4 Å². The third kappa shape index (κ3) is 3.57. The number of H-pyrrole nitrogens is 1. The van der Waals surface area contributed by atoms with Crippen molar-refractivity contribution in [3.63, 3.8) is 0 Å². The molecule has 0 aliphatic heterocycles. The van der Waals surface area contributed by atoms with Gasteiger partial charge >= 0.3 is 6.18 Å². The highest BCUT2D eigenvalue weighted by atomic mass is 19.4. The largest absolute Gasteiger partial charge is 0.455 e. The average molecular weight is 376 g/mol. The van der Waals surface area contributed by atoms with Gasteiger partial charge in [-0.25, -0.2) is 0 Å². The quantitative estimate of drug-likeness (QED) is 0.477. The third-order valence-electron chi connectivity index (χ3n) is 3.93. The van der Waals surface area contributed by atoms with Crippen molar-refractivity contribution in [3.8, 4) is 11.5 Å². The number of amides is 1. The number of alkyl halides is 3. The van der Waals surface area contributed by atoms with Gasteiger partial charge in [0.15, 0.2) is 11.7 Å². The van der Waals surface area contributed by atoms with Gasteiger partial charge in [0.1, 0.15) is 11.4 Å². The Hall–Kier alpha value is -3.49. The first kappa shape index (κ1) is 18.3. The Morgan fingerprint density at radius 3 is 2.44 bits per heavy atom. The summed E-state index contributed by atoms with van der Waals surface area (Å²) in [6.07, 6.45) is -4.61. The molecule has 4 N–H and O–H groups in total. The monoisotopic (exact) mass is 376 g/mol. The molecule has 0 radical (unpaired) electrons. The minimum atomic E-state index is -4.61. The fourth-order valence-corrected chi connectivity index (χ4v) is 2.55. The molecule has 3 aromatic rings. The van der Waals surface area contributed by atoms with E-state index in [1.54, 1.807) is 30.3 Å². The molecular weight excluding hydrogens is 361 g/mol. The molecule has 0 saturated heterocycles. The topological polar surface area (TPSA) is 95.2 Å². The van der Waals surface area contributed by atoms with Crippen molar-refractivity contribution in [2.75, 3.05) is 7.05 Å². The number of aromatic nitrogens is 1. The molecule has 6 nitrogen and oxygen atoms in total. The second-order valence-corrected chi connectivity index (χ2v) is 5.75. The first-order valence-electron chi connectivity index (χ1n) is 7.76. The second-order valence-electron chi connectivity index (χ2n) is 5.75. The number of nitrogens with zero attached hydrogens (tertiary/aromatic N) is 1. The van der Waals surface area contributed by atoms with Crippen molar-refractivity contribution in [2.45, 2.75) is 6.18 Å². The molecule has 0 fully saturated rings. The number of aromatic amines is 1. The fourth-order valence-electron chi connectivity index (χ4n) is 2.55. The number of halogens is 3. The zero-order valence-electron chi connectivity index (χ0n) is 14.1. The predicted octanol–water partition coefficient (Wildman–Crippen LogP) is 3.94. The van der Waals surface area contributed by atoms with Gasteiger partial charge in [-0.05, 0) is 30.3 Å². The molecule has 3 rings (SSSR count). The first-order valence-corrected chi connectivity index (χ1v) is 7.76. The molecule has 0 spiro atoms. The van der Waals surface area contributed by atoms with Gasteiger partial charge in [0.05, 0.1) is 11.1 Å². The summed E-state index contributed by atoms with van der Waals surface area (Å²) in [4.78, 5) is 15.8. The first-order chi connectivity index (χ1) is 12.7. The summed E-state index contributed by atoms with van der Waals surface area (Å²) in [6.45, 7) is 0. The van der Waals surface area contributed by atoms with Gasteiger partial charge in [0.25, 0.3) is 5.91 Å². The molecule has 1 aromatic heterocycles. The van der Waals surface area contributed by atoms with Crippen molar-refractivity contribution in [3.05, 3.63) is 59.8 Å². The number of rotatable bonds is 3. The maximum Gasteiger partial charge on any atom is 0.417 e. The van der Waals surface area contributed by atoms with Crippen molar-refractivity contribution in [2.24, 2.45) is 5.73 Å². The van der Waals surface area contributed by atoms with E-state index in [0.29, 0.717) is 5.75 Å². The predicted molar refractivity (Wildman–Crippen MR) is 93.8 cm³/mol. The van der Waals surface area contributed by atoms with E-state index in [0.717, 1.165) is 17.0 Å². The summed E-state index contributed by atoms with van der Waals surface area (Å²) < 4.78 is 45.8. The van der Waals surface area contributed by atoms with E-state index in [9.17, 15) is 18.0 Å². The number of carbonyl (C=O) groups is 1. The molecule has 27 heavy (non-hydrogen) atoms. The van der Waals surface area contributed by atoms with Gasteiger partial charge < -0.3 is 15.5 Å². The Balaban J connectivity index is 2.15. The molecule has 0 saturated carbocycles. The van der Waals surface area contributed by atoms with Gasteiger partial charge in [-0.1, -0.05) is 18.2 Å². The Kier molecular flexibility index (Phi) is 4.52. The Morgan fingerprint density at radius 1 is 1.19 bits per heavy atom. The van der Waals surface area contributed by atoms with Crippen LogP contribution in [0.4, 0.5) is 13.2 Å². The summed E-state index contributed by atoms with van der Waals surface area (Å²) in [5.41, 5.74) is 4.25. The number of carbonyl (C=O) groups excluding carboxylic acids is 1. The minimum absolute atomic E-state index is 0.0222. The number of guanidine groups is 1. The molecule has 2 aromatic carbocycles. The van der Waals surface area contributed by atoms with E-state index < -0.39 is 23.6 Å². The minimum Gasteiger partial charge on any atom is -0.455 e. The maximum atomic E-state index is 13.4. The molecule has 0 unspecified atom stereocenters. The molecule has 9 heteroatoms. The van der Waals surface area contributed by atoms with Crippen LogP contribution in [0.3, 0.4) is 0 Å². The van der Waals surface area contributed by atoms with Crippen LogP contribution in [0.1, 0.15) is 16.1 Å². The van der Waals surface area contributed by atoms with Crippen LogP contribution < -0.4 is 10.5 Å². The van der Waals surface area contributed by atoms with Crippen LogP contribution in [0.25, 0.3) is 10.9 Å². The van der Waals surface area contributed by atoms with Gasteiger partial charge in [-0.15, -0.1) is 0 Å². The van der Waals surface area contributed by atoms with E-state index in [4.69, 9.17) is 15.9 Å². The Labute approximate surface area is 151 Å². The summed E-state index contributed by atoms with van der Waals surface area (Å²) in [6, 6.07) is 11.7. The third-order valence-corrected chi connectivity index (χ3v) is 3.93. The number of para-hydroxylation sites is 1. The van der Waals surface area contributed by atoms with Crippen molar-refractivity contribution in [1.29, 1.82) is 5.41 Å². The number of hydrogen-bond acceptors (Lipinski definition) is 3. The fraction of sp³-hybridized carbons (Fsp3) is 0.111. The van der Waals surface area contributed by atoms with E-state index in [2.05, 4.69) is 4.98 Å². The van der Waals surface area contributed by atoms with Crippen LogP contribution in [0.5, 0.6) is 11.5 Å². The number of ether oxygens (including phenoxy) is 1. The smallest absolute Gasteiger partial charge is 0.417 e. The number of nitrogens with one attached hydrogen (secondary N) is 2. The van der Waals surface area contributed by atoms with E-state index in [-0.39, 0.29) is 22.3 Å². The van der Waals surface area contributed by atoms with E-state index in [1.807, 2.05) is 0 Å². The molecule has 0 bridgehead atoms. The lowest BCUT2D eigenvalue weighted by Gasteiger charge is -2.12. The van der Waals surface area contributed by atoms with Crippen molar-refractivity contribution < 1.29 is 22.7 Å². The highest BCUT2D eigenvalue weighted by molar-refractivity contribution is 6.06. The lowest BCUT2D eigenvalue weighted by atomic mass is 10.1. The van der Waals surface area contributed by atoms with Crippen LogP contribution in [-0.2, 0) is 6.18 Å². The zero-order valence-corrected chi connectivity index (χ0v) is 14.1. The van der Waals surface area contributed by atoms with E-state index in [1.165, 1.54) is 13.1 Å². The molecule has 1 heterocycles. The van der Waals surface area contributed by atoms with Crippen LogP contribution >= 0.6 is 0 Å². The highest BCUT2D eigenvalue weighted by Crippen LogP contribution is 2.39. The van der Waals surface area contributed by atoms with Crippen molar-refractivity contribution >= 4 is 22.8 Å². The maximum absolute atomic E-state index is 13.4. The zero-order chi connectivity index (χ0) is 19.8. The SMILES string of the molecule is CN(C(=N)N)C(=O)c1cc2c(C(F)(F)F)ccc(Oc3ccccc3)c2[nH]1. The molecular formula is C18H15F3N4O2. The van der Waals surface area contributed by atoms with Crippen LogP contribution in [0.15, 0.2) is 48.5 Å². The van der Waals surface area contributed by atoms with Crippen LogP contribution in [-0.4, -0.2) is 28.8 Å². The summed E-state index contributed by atoms with van der Waals surface area (Å²) in [5, 5.41) is 7.10. The standard InChI is InChI=1S/C18H15F3N4O2/c1-25(17(22)23)16(26)13-9-11-12(18(19,20)21)7-8-14(15(11)24-13)27-10-5-3-2-4-6-10/h2-9,24H,1H3,(H3,22,23). The van der Waals surface area contributed by atoms with Gasteiger partial charge in [0.2, 0.25) is 0 Å². The molecule has 0 atom stereocenters. The van der Waals surface area contributed by atoms with Crippen LogP contribution in [0, 0.1) is 5.41 Å². The molecule has 140 valence electrons.